The summed E-state index contributed by atoms with van der Waals surface area (Å²) < 4.78 is 0. The van der Waals surface area contributed by atoms with E-state index in [1.165, 1.54) is 5.48 Å². The van der Waals surface area contributed by atoms with Gasteiger partial charge in [-0.3, -0.25) is 48.4 Å². The van der Waals surface area contributed by atoms with Crippen LogP contribution in [0.5, 0.6) is 0 Å². The number of hydroxylamine groups is 1. The van der Waals surface area contributed by atoms with Crippen molar-refractivity contribution in [2.45, 2.75) is 120 Å². The van der Waals surface area contributed by atoms with Gasteiger partial charge in [-0.2, -0.15) is 24.4 Å². The van der Waals surface area contributed by atoms with Gasteiger partial charge in [-0.05, 0) is 50.9 Å². The number of nitrogens with two attached hydrogens (primary N) is 1. The predicted molar refractivity (Wildman–Crippen MR) is 220 cm³/mol. The molecule has 338 valence electrons. The molecule has 0 aliphatic carbocycles. The van der Waals surface area contributed by atoms with Crippen LogP contribution in [0.3, 0.4) is 0 Å². The highest BCUT2D eigenvalue weighted by Gasteiger charge is 2.42. The summed E-state index contributed by atoms with van der Waals surface area (Å²) >= 11 is 5.90. The zero-order valence-corrected chi connectivity index (χ0v) is 35.6. The minimum absolute atomic E-state index is 0.0572. The van der Waals surface area contributed by atoms with Crippen LogP contribution in [-0.4, -0.2) is 136 Å². The van der Waals surface area contributed by atoms with E-state index in [1.54, 1.807) is 13.8 Å². The summed E-state index contributed by atoms with van der Waals surface area (Å²) in [7, 11) is 0. The number of thiol groups is 1. The SMILES string of the molecule is CC(C)CC(CC(=O)NO)C(=O)N[C@@H](CCC(=O)O)C(=O)N[C@@H](CS)C(=O)NCC(=O)NCC(=O)N[C@@H](CCCCNC(=O)CCCC[C@@H]1SC[C@@H]2NC(=O)N[C@@H]21)C(N)=O. The number of amides is 10. The third-order valence-electron chi connectivity index (χ3n) is 9.65. The lowest BCUT2D eigenvalue weighted by molar-refractivity contribution is -0.139. The Bertz CT molecular complexity index is 1540. The van der Waals surface area contributed by atoms with Crippen molar-refractivity contribution in [3.63, 3.8) is 0 Å². The Hall–Kier alpha value is -4.84. The summed E-state index contributed by atoms with van der Waals surface area (Å²) in [6.07, 6.45) is 2.91. The molecule has 10 amide bonds. The molecule has 24 heteroatoms. The third-order valence-corrected chi connectivity index (χ3v) is 11.5. The second-order valence-electron chi connectivity index (χ2n) is 15.0. The molecule has 22 nitrogen and oxygen atoms in total. The number of carboxylic acids is 1. The molecule has 0 spiro atoms. The Kier molecular flexibility index (Phi) is 23.2. The van der Waals surface area contributed by atoms with E-state index in [-0.39, 0.29) is 55.0 Å². The molecule has 2 fully saturated rings. The van der Waals surface area contributed by atoms with E-state index in [4.69, 9.17) is 10.9 Å². The third kappa shape index (κ3) is 19.5. The van der Waals surface area contributed by atoms with Crippen molar-refractivity contribution in [1.82, 2.24) is 48.0 Å². The van der Waals surface area contributed by atoms with Crippen LogP contribution in [0.4, 0.5) is 4.79 Å². The van der Waals surface area contributed by atoms with E-state index in [0.29, 0.717) is 37.5 Å². The van der Waals surface area contributed by atoms with Crippen LogP contribution in [0.15, 0.2) is 0 Å². The molecule has 2 aliphatic rings. The van der Waals surface area contributed by atoms with Crippen LogP contribution in [0, 0.1) is 11.8 Å². The number of aliphatic carboxylic acids is 1. The molecule has 0 saturated carbocycles. The predicted octanol–water partition coefficient (Wildman–Crippen LogP) is -2.48. The number of carbonyl (C=O) groups is 10. The monoisotopic (exact) mass is 888 g/mol. The molecular formula is C36H60N10O12S2. The zero-order chi connectivity index (χ0) is 44.8. The number of primary amides is 1. The number of hydrogen-bond donors (Lipinski definition) is 13. The van der Waals surface area contributed by atoms with Gasteiger partial charge in [-0.25, -0.2) is 10.3 Å². The average Bonchev–Trinajstić information content (AvgIpc) is 3.75. The van der Waals surface area contributed by atoms with Gasteiger partial charge in [0.25, 0.3) is 0 Å². The number of nitrogens with one attached hydrogen (secondary N) is 9. The van der Waals surface area contributed by atoms with E-state index in [0.717, 1.165) is 18.6 Å². The molecule has 2 saturated heterocycles. The summed E-state index contributed by atoms with van der Waals surface area (Å²) in [4.78, 5) is 123. The van der Waals surface area contributed by atoms with Crippen LogP contribution >= 0.6 is 24.4 Å². The Morgan fingerprint density at radius 2 is 1.48 bits per heavy atom. The number of carboxylic acid groups (broad SMARTS) is 1. The number of thioether (sulfide) groups is 1. The highest BCUT2D eigenvalue weighted by atomic mass is 32.2. The van der Waals surface area contributed by atoms with Crippen molar-refractivity contribution >= 4 is 83.6 Å². The number of rotatable bonds is 29. The fourth-order valence-electron chi connectivity index (χ4n) is 6.54. The molecule has 0 aromatic carbocycles. The molecule has 2 aliphatic heterocycles. The first-order chi connectivity index (χ1) is 28.4. The second-order valence-corrected chi connectivity index (χ2v) is 16.7. The molecule has 0 radical (unpaired) electrons. The average molecular weight is 889 g/mol. The van der Waals surface area contributed by atoms with Crippen LogP contribution in [0.2, 0.25) is 0 Å². The Morgan fingerprint density at radius 3 is 2.13 bits per heavy atom. The van der Waals surface area contributed by atoms with Crippen molar-refractivity contribution in [2.24, 2.45) is 17.6 Å². The highest BCUT2D eigenvalue weighted by Crippen LogP contribution is 2.33. The first-order valence-corrected chi connectivity index (χ1v) is 21.6. The van der Waals surface area contributed by atoms with Crippen molar-refractivity contribution in [2.75, 3.05) is 31.1 Å². The van der Waals surface area contributed by atoms with Crippen LogP contribution in [-0.2, 0) is 43.2 Å². The Labute approximate surface area is 357 Å². The summed E-state index contributed by atoms with van der Waals surface area (Å²) in [6, 6.07) is -3.65. The summed E-state index contributed by atoms with van der Waals surface area (Å²) in [5.41, 5.74) is 6.89. The maximum atomic E-state index is 13.1. The molecule has 2 rings (SSSR count). The molecular weight excluding hydrogens is 829 g/mol. The number of hydrogen-bond acceptors (Lipinski definition) is 13. The highest BCUT2D eigenvalue weighted by molar-refractivity contribution is 8.00. The fraction of sp³-hybridized carbons (Fsp3) is 0.722. The number of urea groups is 1. The topological polar surface area (TPSA) is 345 Å². The van der Waals surface area contributed by atoms with Crippen molar-refractivity contribution < 1.29 is 58.3 Å². The van der Waals surface area contributed by atoms with E-state index in [1.807, 2.05) is 11.8 Å². The number of unbranched alkanes of at least 4 members (excludes halogenated alkanes) is 2. The zero-order valence-electron chi connectivity index (χ0n) is 33.8. The van der Waals surface area contributed by atoms with E-state index >= 15 is 0 Å². The Balaban J connectivity index is 1.71. The van der Waals surface area contributed by atoms with Gasteiger partial charge in [0.1, 0.15) is 18.1 Å². The number of fused-ring (bicyclic) bond motifs is 1. The van der Waals surface area contributed by atoms with Gasteiger partial charge in [0.05, 0.1) is 25.2 Å². The van der Waals surface area contributed by atoms with Crippen LogP contribution in [0.25, 0.3) is 0 Å². The number of carbonyl (C=O) groups excluding carboxylic acids is 9. The molecule has 0 aromatic rings. The minimum Gasteiger partial charge on any atom is -0.481 e. The minimum atomic E-state index is -1.43. The van der Waals surface area contributed by atoms with Crippen LogP contribution in [0.1, 0.15) is 84.5 Å². The fourth-order valence-corrected chi connectivity index (χ4v) is 8.34. The quantitative estimate of drug-likeness (QED) is 0.0122. The molecule has 2 heterocycles. The second kappa shape index (κ2) is 27.1. The normalized spacial score (nSPS) is 18.6. The van der Waals surface area contributed by atoms with Gasteiger partial charge in [-0.1, -0.05) is 20.3 Å². The van der Waals surface area contributed by atoms with Gasteiger partial charge >= 0.3 is 12.0 Å². The van der Waals surface area contributed by atoms with Gasteiger partial charge in [0.15, 0.2) is 0 Å². The Morgan fingerprint density at radius 1 is 0.783 bits per heavy atom. The van der Waals surface area contributed by atoms with E-state index < -0.39 is 97.3 Å². The lowest BCUT2D eigenvalue weighted by Crippen LogP contribution is -2.56. The summed E-state index contributed by atoms with van der Waals surface area (Å²) in [5, 5.41) is 38.9. The van der Waals surface area contributed by atoms with Gasteiger partial charge in [0, 0.05) is 48.5 Å². The lowest BCUT2D eigenvalue weighted by Gasteiger charge is -2.24. The lowest BCUT2D eigenvalue weighted by atomic mass is 9.92. The van der Waals surface area contributed by atoms with E-state index in [9.17, 15) is 53.1 Å². The maximum absolute atomic E-state index is 13.1. The molecule has 13 N–H and O–H groups in total. The van der Waals surface area contributed by atoms with Gasteiger partial charge in [0.2, 0.25) is 47.3 Å². The largest absolute Gasteiger partial charge is 0.481 e. The smallest absolute Gasteiger partial charge is 0.315 e. The summed E-state index contributed by atoms with van der Waals surface area (Å²) in [6.45, 7) is 2.76. The van der Waals surface area contributed by atoms with Crippen molar-refractivity contribution in [3.05, 3.63) is 0 Å². The van der Waals surface area contributed by atoms with Crippen molar-refractivity contribution in [3.8, 4) is 0 Å². The molecule has 0 aromatic heterocycles. The first-order valence-electron chi connectivity index (χ1n) is 19.9. The van der Waals surface area contributed by atoms with E-state index in [2.05, 4.69) is 55.2 Å². The molecule has 7 atom stereocenters. The van der Waals surface area contributed by atoms with Crippen molar-refractivity contribution in [1.29, 1.82) is 0 Å². The van der Waals surface area contributed by atoms with Crippen LogP contribution < -0.4 is 53.7 Å². The van der Waals surface area contributed by atoms with Gasteiger partial charge in [-0.15, -0.1) is 0 Å². The molecule has 0 bridgehead atoms. The molecule has 1 unspecified atom stereocenters. The maximum Gasteiger partial charge on any atom is 0.315 e. The standard InChI is InChI=1S/C36H60N10O12S2/c1-19(2)13-20(14-27(48)46-58)33(54)42-22(10-11-30(51)52)35(56)43-23(17-59)34(55)40-15-28(49)39-16-29(50)41-21(32(37)53)7-5-6-12-38-26(47)9-4-3-8-25-31-24(18-60-25)44-36(57)45-31/h19-25,31,58-59H,3-18H2,1-2H3,(H2,37,53)(H,38,47)(H,39,49)(H,40,55)(H,41,50)(H,42,54)(H,43,56)(H,46,48)(H,51,52)(H2,44,45,57)/t20?,21-,22-,23-,24-,25-,31-/m0/s1. The molecule has 60 heavy (non-hydrogen) atoms. The van der Waals surface area contributed by atoms with Gasteiger partial charge < -0.3 is 53.4 Å². The first kappa shape index (κ1) is 51.3. The summed E-state index contributed by atoms with van der Waals surface area (Å²) in [5.74, 6) is -7.45.